The first-order valence-electron chi connectivity index (χ1n) is 15.3. The predicted octanol–water partition coefficient (Wildman–Crippen LogP) is 5.63. The summed E-state index contributed by atoms with van der Waals surface area (Å²) in [6.07, 6.45) is 2.29. The number of pyridine rings is 1. The summed E-state index contributed by atoms with van der Waals surface area (Å²) >= 11 is 0. The van der Waals surface area contributed by atoms with Crippen molar-refractivity contribution in [1.82, 2.24) is 34.2 Å². The number of H-pyrrole nitrogens is 1. The van der Waals surface area contributed by atoms with Crippen LogP contribution in [0.1, 0.15) is 30.9 Å². The van der Waals surface area contributed by atoms with Crippen LogP contribution in [-0.4, -0.2) is 66.5 Å². The summed E-state index contributed by atoms with van der Waals surface area (Å²) in [6, 6.07) is 14.6. The van der Waals surface area contributed by atoms with Gasteiger partial charge in [0.2, 0.25) is 5.89 Å². The maximum atomic E-state index is 16.0. The number of aromatic amines is 1. The van der Waals surface area contributed by atoms with Gasteiger partial charge in [-0.05, 0) is 67.7 Å². The van der Waals surface area contributed by atoms with E-state index >= 15 is 4.39 Å². The van der Waals surface area contributed by atoms with Crippen LogP contribution in [0.15, 0.2) is 70.1 Å². The van der Waals surface area contributed by atoms with Crippen LogP contribution in [0, 0.1) is 11.7 Å². The van der Waals surface area contributed by atoms with Crippen molar-refractivity contribution in [3.8, 4) is 22.6 Å². The van der Waals surface area contributed by atoms with Crippen LogP contribution >= 0.6 is 0 Å². The molecule has 13 heteroatoms. The van der Waals surface area contributed by atoms with Crippen LogP contribution in [-0.2, 0) is 17.8 Å². The molecule has 6 aromatic rings. The van der Waals surface area contributed by atoms with E-state index in [1.54, 1.807) is 27.3 Å². The van der Waals surface area contributed by atoms with Gasteiger partial charge in [0.25, 0.3) is 5.89 Å². The first kappa shape index (κ1) is 28.7. The minimum Gasteiger partial charge on any atom is -0.415 e. The van der Waals surface area contributed by atoms with Crippen LogP contribution in [0.3, 0.4) is 0 Å². The van der Waals surface area contributed by atoms with E-state index < -0.39 is 18.1 Å². The van der Waals surface area contributed by atoms with E-state index in [4.69, 9.17) is 9.15 Å². The fraction of sp³-hybridized carbons (Fsp3) is 0.333. The Labute approximate surface area is 260 Å². The lowest BCUT2D eigenvalue weighted by atomic mass is 9.95. The summed E-state index contributed by atoms with van der Waals surface area (Å²) in [4.78, 5) is 24.2. The van der Waals surface area contributed by atoms with E-state index in [0.29, 0.717) is 46.4 Å². The number of hydrogen-bond acceptors (Lipinski definition) is 7. The first-order valence-corrected chi connectivity index (χ1v) is 15.3. The van der Waals surface area contributed by atoms with Crippen LogP contribution < -0.4 is 5.69 Å². The fourth-order valence-corrected chi connectivity index (χ4v) is 6.63. The third-order valence-electron chi connectivity index (χ3n) is 9.24. The molecule has 2 saturated heterocycles. The molecule has 8 rings (SSSR count). The van der Waals surface area contributed by atoms with Crippen LogP contribution in [0.5, 0.6) is 0 Å². The van der Waals surface area contributed by atoms with Gasteiger partial charge in [-0.25, -0.2) is 9.18 Å². The lowest BCUT2D eigenvalue weighted by Gasteiger charge is -2.41. The van der Waals surface area contributed by atoms with E-state index in [0.717, 1.165) is 55.6 Å². The van der Waals surface area contributed by atoms with Crippen molar-refractivity contribution < 1.29 is 22.3 Å². The Kier molecular flexibility index (Phi) is 7.21. The summed E-state index contributed by atoms with van der Waals surface area (Å²) in [7, 11) is 0. The number of benzene rings is 2. The number of rotatable bonds is 8. The normalized spacial score (nSPS) is 16.6. The van der Waals surface area contributed by atoms with Gasteiger partial charge in [0, 0.05) is 41.5 Å². The summed E-state index contributed by atoms with van der Waals surface area (Å²) < 4.78 is 55.5. The number of aromatic nitrogens is 6. The van der Waals surface area contributed by atoms with Crippen LogP contribution in [0.4, 0.5) is 13.2 Å². The minimum absolute atomic E-state index is 0.0777. The molecule has 10 nitrogen and oxygen atoms in total. The number of hydrogen-bond donors (Lipinski definition) is 1. The Morgan fingerprint density at radius 3 is 2.52 bits per heavy atom. The Bertz CT molecular complexity index is 2090. The molecule has 46 heavy (non-hydrogen) atoms. The minimum atomic E-state index is -2.88. The highest BCUT2D eigenvalue weighted by molar-refractivity contribution is 5.97. The number of piperidine rings is 1. The van der Waals surface area contributed by atoms with Crippen molar-refractivity contribution in [2.24, 2.45) is 5.92 Å². The number of likely N-dealkylation sites (tertiary alicyclic amines) is 1. The summed E-state index contributed by atoms with van der Waals surface area (Å²) in [5.41, 5.74) is 3.85. The smallest absolute Gasteiger partial charge is 0.329 e. The molecule has 0 atom stereocenters. The Hall–Kier alpha value is -4.75. The van der Waals surface area contributed by atoms with E-state index in [-0.39, 0.29) is 18.1 Å². The molecule has 0 unspecified atom stereocenters. The molecular weight excluding hydrogens is 599 g/mol. The summed E-state index contributed by atoms with van der Waals surface area (Å²) in [6.45, 7) is 4.07. The molecule has 2 aliphatic heterocycles. The average molecular weight is 630 g/mol. The lowest BCUT2D eigenvalue weighted by molar-refractivity contribution is -0.0742. The van der Waals surface area contributed by atoms with Gasteiger partial charge < -0.3 is 14.1 Å². The number of halogens is 3. The number of nitrogens with one attached hydrogen (secondary N) is 1. The number of alkyl halides is 2. The maximum absolute atomic E-state index is 16.0. The molecule has 1 N–H and O–H groups in total. The highest BCUT2D eigenvalue weighted by Gasteiger charge is 2.30. The zero-order valence-electron chi connectivity index (χ0n) is 24.7. The molecule has 0 spiro atoms. The standard InChI is InChI=1S/C33H30F3N7O3/c34-26-13-29-28(12-25(26)23-2-1-3-27-24(23)6-9-37-27)42(15-19-7-10-41(11-8-19)22-17-45-18-22)33(44)43(29)16-21-5-4-20(14-38-21)31-39-40-32(46-31)30(35)36/h1-6,9,12-14,19,22,30,37H,7-8,10-11,15-18H2. The molecule has 236 valence electrons. The SMILES string of the molecule is O=c1n(Cc2ccc(-c3nnc(C(F)F)o3)cn2)c2cc(F)c(-c3cccc4[nH]ccc34)cc2n1CC1CCN(C2COC2)CC1. The largest absolute Gasteiger partial charge is 0.415 e. The van der Waals surface area contributed by atoms with Gasteiger partial charge in [0.1, 0.15) is 5.82 Å². The van der Waals surface area contributed by atoms with Gasteiger partial charge in [-0.3, -0.25) is 19.0 Å². The summed E-state index contributed by atoms with van der Waals surface area (Å²) in [5.74, 6) is -0.987. The highest BCUT2D eigenvalue weighted by atomic mass is 19.3. The van der Waals surface area contributed by atoms with Crippen molar-refractivity contribution in [2.75, 3.05) is 26.3 Å². The number of nitrogens with zero attached hydrogens (tertiary/aromatic N) is 6. The fourth-order valence-electron chi connectivity index (χ4n) is 6.63. The van der Waals surface area contributed by atoms with Gasteiger partial charge >= 0.3 is 12.1 Å². The van der Waals surface area contributed by atoms with Gasteiger partial charge in [0.05, 0.1) is 48.1 Å². The third-order valence-corrected chi connectivity index (χ3v) is 9.24. The molecular formula is C33H30F3N7O3. The first-order chi connectivity index (χ1) is 22.4. The number of fused-ring (bicyclic) bond motifs is 2. The topological polar surface area (TPSA) is 107 Å². The van der Waals surface area contributed by atoms with Gasteiger partial charge in [-0.2, -0.15) is 8.78 Å². The zero-order chi connectivity index (χ0) is 31.4. The van der Waals surface area contributed by atoms with Crippen molar-refractivity contribution >= 4 is 21.9 Å². The molecule has 4 aromatic heterocycles. The van der Waals surface area contributed by atoms with Crippen molar-refractivity contribution in [2.45, 2.75) is 38.4 Å². The Morgan fingerprint density at radius 2 is 1.80 bits per heavy atom. The van der Waals surface area contributed by atoms with Crippen LogP contribution in [0.25, 0.3) is 44.5 Å². The maximum Gasteiger partial charge on any atom is 0.329 e. The summed E-state index contributed by atoms with van der Waals surface area (Å²) in [5, 5.41) is 7.92. The van der Waals surface area contributed by atoms with Gasteiger partial charge in [-0.1, -0.05) is 12.1 Å². The molecule has 0 amide bonds. The van der Waals surface area contributed by atoms with E-state index in [9.17, 15) is 13.6 Å². The molecule has 0 aliphatic carbocycles. The Morgan fingerprint density at radius 1 is 0.978 bits per heavy atom. The number of ether oxygens (including phenoxy) is 1. The van der Waals surface area contributed by atoms with Gasteiger partial charge in [0.15, 0.2) is 0 Å². The van der Waals surface area contributed by atoms with Crippen molar-refractivity contribution in [3.05, 3.63) is 88.8 Å². The van der Waals surface area contributed by atoms with E-state index in [1.807, 2.05) is 30.5 Å². The van der Waals surface area contributed by atoms with E-state index in [1.165, 1.54) is 12.3 Å². The molecule has 0 saturated carbocycles. The monoisotopic (exact) mass is 629 g/mol. The quantitative estimate of drug-likeness (QED) is 0.233. The second kappa shape index (κ2) is 11.6. The lowest BCUT2D eigenvalue weighted by Crippen LogP contribution is -2.52. The molecule has 0 bridgehead atoms. The van der Waals surface area contributed by atoms with Crippen molar-refractivity contribution in [3.63, 3.8) is 0 Å². The molecule has 6 heterocycles. The Balaban J connectivity index is 1.16. The van der Waals surface area contributed by atoms with Gasteiger partial charge in [-0.15, -0.1) is 10.2 Å². The zero-order valence-corrected chi connectivity index (χ0v) is 24.7. The second-order valence-electron chi connectivity index (χ2n) is 12.0. The third kappa shape index (κ3) is 5.09. The molecule has 2 aromatic carbocycles. The van der Waals surface area contributed by atoms with E-state index in [2.05, 4.69) is 25.1 Å². The second-order valence-corrected chi connectivity index (χ2v) is 12.0. The molecule has 0 radical (unpaired) electrons. The number of imidazole rings is 1. The predicted molar refractivity (Wildman–Crippen MR) is 164 cm³/mol. The van der Waals surface area contributed by atoms with Crippen molar-refractivity contribution in [1.29, 1.82) is 0 Å². The molecule has 2 aliphatic rings. The highest BCUT2D eigenvalue weighted by Crippen LogP contribution is 2.34. The molecule has 2 fully saturated rings. The average Bonchev–Trinajstić information content (AvgIpc) is 3.78. The van der Waals surface area contributed by atoms with Crippen LogP contribution in [0.2, 0.25) is 0 Å².